The molecule has 0 aliphatic heterocycles. The van der Waals surface area contributed by atoms with Crippen LogP contribution in [0, 0.1) is 0 Å². The second kappa shape index (κ2) is 5.98. The molecule has 3 heteroatoms. The van der Waals surface area contributed by atoms with E-state index in [1.807, 2.05) is 13.0 Å². The predicted molar refractivity (Wildman–Crippen MR) is 49.0 cm³/mol. The van der Waals surface area contributed by atoms with Crippen LogP contribution in [0.2, 0.25) is 0 Å². The van der Waals surface area contributed by atoms with Crippen molar-refractivity contribution in [3.63, 3.8) is 0 Å². The third-order valence-electron chi connectivity index (χ3n) is 0.648. The molecule has 0 heterocycles. The maximum atomic E-state index is 3.98. The number of nitrogens with zero attached hydrogens (tertiary/aromatic N) is 1. The van der Waals surface area contributed by atoms with Crippen molar-refractivity contribution < 1.29 is 0 Å². The molecule has 0 aromatic rings. The predicted octanol–water partition coefficient (Wildman–Crippen LogP) is 2.68. The van der Waals surface area contributed by atoms with Gasteiger partial charge in [-0.2, -0.15) is 0 Å². The van der Waals surface area contributed by atoms with Crippen molar-refractivity contribution in [3.8, 4) is 0 Å². The van der Waals surface area contributed by atoms with E-state index in [1.165, 1.54) is 10.8 Å². The zero-order valence-corrected chi connectivity index (χ0v) is 6.95. The van der Waals surface area contributed by atoms with Gasteiger partial charge in [-0.1, -0.05) is 18.7 Å². The molecule has 0 aromatic heterocycles. The number of rotatable bonds is 3. The molecule has 0 unspecified atom stereocenters. The minimum atomic E-state index is 0.887. The summed E-state index contributed by atoms with van der Waals surface area (Å²) < 4.78 is 0. The molecular weight excluding hydrogens is 150 g/mol. The van der Waals surface area contributed by atoms with Crippen LogP contribution in [0.4, 0.5) is 0 Å². The standard InChI is InChI=1S/C6H9NS2/c1-3-5-7-6(4-2)9-8/h3-5,8H,1H2,2H3/b6-4+,7-5?. The Morgan fingerprint density at radius 3 is 2.78 bits per heavy atom. The highest BCUT2D eigenvalue weighted by Gasteiger charge is 1.83. The number of hydrogen-bond donors (Lipinski definition) is 1. The van der Waals surface area contributed by atoms with Crippen molar-refractivity contribution >= 4 is 28.7 Å². The van der Waals surface area contributed by atoms with Crippen molar-refractivity contribution in [1.82, 2.24) is 0 Å². The Morgan fingerprint density at radius 1 is 1.78 bits per heavy atom. The molecule has 0 rings (SSSR count). The molecule has 1 nitrogen and oxygen atoms in total. The van der Waals surface area contributed by atoms with Gasteiger partial charge in [-0.3, -0.25) is 0 Å². The fraction of sp³-hybridized carbons (Fsp3) is 0.167. The van der Waals surface area contributed by atoms with E-state index in [4.69, 9.17) is 0 Å². The van der Waals surface area contributed by atoms with Gasteiger partial charge < -0.3 is 0 Å². The first-order chi connectivity index (χ1) is 4.35. The monoisotopic (exact) mass is 159 g/mol. The van der Waals surface area contributed by atoms with E-state index >= 15 is 0 Å². The smallest absolute Gasteiger partial charge is 0.102 e. The van der Waals surface area contributed by atoms with Gasteiger partial charge >= 0.3 is 0 Å². The first-order valence-corrected chi connectivity index (χ1v) is 4.34. The maximum Gasteiger partial charge on any atom is 0.102 e. The highest BCUT2D eigenvalue weighted by Crippen LogP contribution is 2.19. The second-order valence-corrected chi connectivity index (χ2v) is 2.38. The van der Waals surface area contributed by atoms with Gasteiger partial charge in [-0.25, -0.2) is 4.99 Å². The van der Waals surface area contributed by atoms with Crippen molar-refractivity contribution in [2.45, 2.75) is 6.92 Å². The second-order valence-electron chi connectivity index (χ2n) is 1.23. The molecule has 9 heavy (non-hydrogen) atoms. The number of aliphatic imine (C=N–C) groups is 1. The minimum Gasteiger partial charge on any atom is -0.249 e. The molecule has 0 aliphatic rings. The van der Waals surface area contributed by atoms with Gasteiger partial charge in [0.1, 0.15) is 5.03 Å². The zero-order valence-electron chi connectivity index (χ0n) is 5.24. The lowest BCUT2D eigenvalue weighted by molar-refractivity contribution is 1.51. The summed E-state index contributed by atoms with van der Waals surface area (Å²) in [6, 6.07) is 0. The van der Waals surface area contributed by atoms with Crippen LogP contribution in [-0.2, 0) is 0 Å². The van der Waals surface area contributed by atoms with E-state index in [2.05, 4.69) is 23.2 Å². The average Bonchev–Trinajstić information content (AvgIpc) is 1.91. The first kappa shape index (κ1) is 8.85. The molecule has 0 N–H and O–H groups in total. The molecule has 0 aromatic carbocycles. The fourth-order valence-electron chi connectivity index (χ4n) is 0.277. The molecule has 0 amide bonds. The number of thiol groups is 1. The van der Waals surface area contributed by atoms with Crippen LogP contribution in [0.3, 0.4) is 0 Å². The lowest BCUT2D eigenvalue weighted by atomic mass is 10.7. The molecule has 0 atom stereocenters. The Bertz CT molecular complexity index is 138. The van der Waals surface area contributed by atoms with E-state index in [0.717, 1.165) is 5.03 Å². The third-order valence-corrected chi connectivity index (χ3v) is 1.74. The fourth-order valence-corrected chi connectivity index (χ4v) is 0.948. The number of hydrogen-bond acceptors (Lipinski definition) is 3. The molecule has 0 radical (unpaired) electrons. The van der Waals surface area contributed by atoms with Gasteiger partial charge in [0.05, 0.1) is 0 Å². The van der Waals surface area contributed by atoms with Crippen molar-refractivity contribution in [2.75, 3.05) is 0 Å². The summed E-state index contributed by atoms with van der Waals surface area (Å²) >= 11 is 3.97. The Hall–Kier alpha value is -0.150. The first-order valence-electron chi connectivity index (χ1n) is 2.48. The van der Waals surface area contributed by atoms with E-state index in [-0.39, 0.29) is 0 Å². The Balaban J connectivity index is 3.84. The molecule has 0 spiro atoms. The molecule has 0 fully saturated rings. The topological polar surface area (TPSA) is 12.4 Å². The summed E-state index contributed by atoms with van der Waals surface area (Å²) in [6.07, 6.45) is 5.16. The van der Waals surface area contributed by atoms with Crippen molar-refractivity contribution in [2.24, 2.45) is 4.99 Å². The highest BCUT2D eigenvalue weighted by molar-refractivity contribution is 8.70. The highest BCUT2D eigenvalue weighted by atomic mass is 33.1. The summed E-state index contributed by atoms with van der Waals surface area (Å²) in [5.74, 6) is 0. The van der Waals surface area contributed by atoms with E-state index in [1.54, 1.807) is 12.3 Å². The lowest BCUT2D eigenvalue weighted by Gasteiger charge is -1.88. The third kappa shape index (κ3) is 4.36. The lowest BCUT2D eigenvalue weighted by Crippen LogP contribution is -1.65. The molecule has 0 bridgehead atoms. The molecule has 50 valence electrons. The molecule has 0 saturated carbocycles. The van der Waals surface area contributed by atoms with Crippen LogP contribution >= 0.6 is 22.5 Å². The Labute approximate surface area is 64.8 Å². The van der Waals surface area contributed by atoms with Crippen LogP contribution in [0.1, 0.15) is 6.92 Å². The van der Waals surface area contributed by atoms with Crippen LogP contribution in [-0.4, -0.2) is 6.21 Å². The van der Waals surface area contributed by atoms with Crippen LogP contribution < -0.4 is 0 Å². The summed E-state index contributed by atoms with van der Waals surface area (Å²) in [4.78, 5) is 3.98. The maximum absolute atomic E-state index is 3.98. The van der Waals surface area contributed by atoms with E-state index < -0.39 is 0 Å². The van der Waals surface area contributed by atoms with Crippen LogP contribution in [0.25, 0.3) is 0 Å². The van der Waals surface area contributed by atoms with Crippen LogP contribution in [0.15, 0.2) is 28.8 Å². The van der Waals surface area contributed by atoms with E-state index in [0.29, 0.717) is 0 Å². The van der Waals surface area contributed by atoms with Gasteiger partial charge in [0.2, 0.25) is 0 Å². The van der Waals surface area contributed by atoms with Gasteiger partial charge in [-0.15, -0.1) is 11.7 Å². The molecule has 0 aliphatic carbocycles. The zero-order chi connectivity index (χ0) is 7.11. The SMILES string of the molecule is C=CC=N/C(=C\C)SS. The summed E-state index contributed by atoms with van der Waals surface area (Å²) in [5, 5.41) is 0.887. The summed E-state index contributed by atoms with van der Waals surface area (Å²) in [5.41, 5.74) is 0. The number of allylic oxidation sites excluding steroid dienone is 2. The van der Waals surface area contributed by atoms with Gasteiger partial charge in [0, 0.05) is 6.21 Å². The van der Waals surface area contributed by atoms with E-state index in [9.17, 15) is 0 Å². The van der Waals surface area contributed by atoms with Gasteiger partial charge in [0.25, 0.3) is 0 Å². The molecular formula is C6H9NS2. The summed E-state index contributed by atoms with van der Waals surface area (Å²) in [7, 11) is 1.32. The van der Waals surface area contributed by atoms with Gasteiger partial charge in [-0.05, 0) is 17.7 Å². The van der Waals surface area contributed by atoms with Gasteiger partial charge in [0.15, 0.2) is 0 Å². The Morgan fingerprint density at radius 2 is 2.44 bits per heavy atom. The Kier molecular flexibility index (Phi) is 5.88. The van der Waals surface area contributed by atoms with Crippen molar-refractivity contribution in [3.05, 3.63) is 23.8 Å². The summed E-state index contributed by atoms with van der Waals surface area (Å²) in [6.45, 7) is 5.41. The minimum absolute atomic E-state index is 0.887. The average molecular weight is 159 g/mol. The quantitative estimate of drug-likeness (QED) is 0.379. The normalized spacial score (nSPS) is 12.4. The molecule has 0 saturated heterocycles. The largest absolute Gasteiger partial charge is 0.249 e. The van der Waals surface area contributed by atoms with Crippen LogP contribution in [0.5, 0.6) is 0 Å². The van der Waals surface area contributed by atoms with Crippen molar-refractivity contribution in [1.29, 1.82) is 0 Å².